The molecule has 0 saturated carbocycles. The van der Waals surface area contributed by atoms with Gasteiger partial charge in [0.25, 0.3) is 0 Å². The maximum absolute atomic E-state index is 10.7. The molecular weight excluding hydrogens is 312 g/mol. The zero-order valence-electron chi connectivity index (χ0n) is 12.1. The van der Waals surface area contributed by atoms with Crippen LogP contribution in [0.1, 0.15) is 0 Å². The quantitative estimate of drug-likeness (QED) is 0.462. The van der Waals surface area contributed by atoms with E-state index in [9.17, 15) is 9.59 Å². The number of fused-ring (bicyclic) bond motifs is 2. The van der Waals surface area contributed by atoms with Gasteiger partial charge in [0.15, 0.2) is 0 Å². The van der Waals surface area contributed by atoms with Gasteiger partial charge in [-0.2, -0.15) is 13.5 Å². The van der Waals surface area contributed by atoms with Gasteiger partial charge in [0.2, 0.25) is 0 Å². The summed E-state index contributed by atoms with van der Waals surface area (Å²) in [5.74, 6) is 0. The van der Waals surface area contributed by atoms with Crippen molar-refractivity contribution in [2.75, 3.05) is 0 Å². The standard InChI is InChI=1S/2C9H6O2.H2S/c2*10-9-6-5-7-3-1-2-4-8(7)11-9;/h2*1-6H;1H2. The van der Waals surface area contributed by atoms with Gasteiger partial charge < -0.3 is 8.83 Å². The van der Waals surface area contributed by atoms with Crippen LogP contribution in [-0.2, 0) is 0 Å². The normalized spacial score (nSPS) is 9.74. The average molecular weight is 326 g/mol. The fourth-order valence-corrected chi connectivity index (χ4v) is 2.02. The van der Waals surface area contributed by atoms with Gasteiger partial charge in [-0.25, -0.2) is 9.59 Å². The van der Waals surface area contributed by atoms with Crippen LogP contribution in [0.3, 0.4) is 0 Å². The molecule has 0 N–H and O–H groups in total. The molecule has 0 aliphatic heterocycles. The lowest BCUT2D eigenvalue weighted by atomic mass is 10.2. The SMILES string of the molecule is O=c1ccc2ccccc2o1.O=c1ccc2ccccc2o1.S. The molecule has 0 unspecified atom stereocenters. The van der Waals surface area contributed by atoms with Gasteiger partial charge >= 0.3 is 11.3 Å². The Kier molecular flexibility index (Phi) is 5.38. The fraction of sp³-hybridized carbons (Fsp3) is 0. The van der Waals surface area contributed by atoms with E-state index >= 15 is 0 Å². The number of hydrogen-bond acceptors (Lipinski definition) is 4. The van der Waals surface area contributed by atoms with Crippen LogP contribution in [0.4, 0.5) is 0 Å². The van der Waals surface area contributed by atoms with Gasteiger partial charge in [0, 0.05) is 22.9 Å². The average Bonchev–Trinajstić information content (AvgIpc) is 2.55. The van der Waals surface area contributed by atoms with Crippen LogP contribution in [-0.4, -0.2) is 0 Å². The molecule has 4 rings (SSSR count). The number of para-hydroxylation sites is 2. The van der Waals surface area contributed by atoms with E-state index in [1.165, 1.54) is 12.1 Å². The van der Waals surface area contributed by atoms with Crippen molar-refractivity contribution in [1.29, 1.82) is 0 Å². The number of rotatable bonds is 0. The van der Waals surface area contributed by atoms with E-state index in [0.29, 0.717) is 11.2 Å². The summed E-state index contributed by atoms with van der Waals surface area (Å²) in [6.45, 7) is 0. The maximum Gasteiger partial charge on any atom is 0.336 e. The molecular formula is C18H14O4S. The lowest BCUT2D eigenvalue weighted by Crippen LogP contribution is -1.93. The van der Waals surface area contributed by atoms with Crippen LogP contribution in [0.5, 0.6) is 0 Å². The molecule has 0 bridgehead atoms. The molecule has 0 aliphatic carbocycles. The van der Waals surface area contributed by atoms with Gasteiger partial charge in [-0.1, -0.05) is 36.4 Å². The van der Waals surface area contributed by atoms with Crippen molar-refractivity contribution in [3.63, 3.8) is 0 Å². The molecule has 4 nitrogen and oxygen atoms in total. The molecule has 0 atom stereocenters. The van der Waals surface area contributed by atoms with Gasteiger partial charge in [0.1, 0.15) is 11.2 Å². The summed E-state index contributed by atoms with van der Waals surface area (Å²) in [4.78, 5) is 21.4. The van der Waals surface area contributed by atoms with E-state index in [1.807, 2.05) is 36.4 Å². The zero-order chi connectivity index (χ0) is 15.4. The Bertz CT molecular complexity index is 948. The predicted octanol–water partition coefficient (Wildman–Crippen LogP) is 3.70. The zero-order valence-corrected chi connectivity index (χ0v) is 13.1. The van der Waals surface area contributed by atoms with Crippen LogP contribution in [0.15, 0.2) is 91.2 Å². The Balaban J connectivity index is 0.000000160. The minimum Gasteiger partial charge on any atom is -0.423 e. The predicted molar refractivity (Wildman–Crippen MR) is 95.3 cm³/mol. The van der Waals surface area contributed by atoms with Gasteiger partial charge in [-0.05, 0) is 24.3 Å². The first-order chi connectivity index (χ1) is 10.7. The molecule has 0 spiro atoms. The molecule has 2 heterocycles. The third-order valence-corrected chi connectivity index (χ3v) is 3.06. The van der Waals surface area contributed by atoms with Crippen molar-refractivity contribution in [3.05, 3.63) is 93.6 Å². The second-order valence-corrected chi connectivity index (χ2v) is 4.58. The first-order valence-corrected chi connectivity index (χ1v) is 6.70. The van der Waals surface area contributed by atoms with Crippen LogP contribution in [0.2, 0.25) is 0 Å². The summed E-state index contributed by atoms with van der Waals surface area (Å²) in [5, 5.41) is 1.90. The Hall–Kier alpha value is -2.79. The van der Waals surface area contributed by atoms with Crippen molar-refractivity contribution in [1.82, 2.24) is 0 Å². The van der Waals surface area contributed by atoms with Crippen molar-refractivity contribution >= 4 is 35.4 Å². The molecule has 23 heavy (non-hydrogen) atoms. The van der Waals surface area contributed by atoms with Crippen molar-refractivity contribution in [3.8, 4) is 0 Å². The van der Waals surface area contributed by atoms with Crippen LogP contribution < -0.4 is 11.3 Å². The summed E-state index contributed by atoms with van der Waals surface area (Å²) in [7, 11) is 0. The molecule has 5 heteroatoms. The summed E-state index contributed by atoms with van der Waals surface area (Å²) in [6, 6.07) is 21.2. The Morgan fingerprint density at radius 2 is 0.913 bits per heavy atom. The summed E-state index contributed by atoms with van der Waals surface area (Å²) in [5.41, 5.74) is 0.674. The lowest BCUT2D eigenvalue weighted by molar-refractivity contribution is 0.560. The highest BCUT2D eigenvalue weighted by molar-refractivity contribution is 7.59. The fourth-order valence-electron chi connectivity index (χ4n) is 2.02. The molecule has 0 saturated heterocycles. The van der Waals surface area contributed by atoms with Crippen molar-refractivity contribution < 1.29 is 8.83 Å². The molecule has 0 amide bonds. The second kappa shape index (κ2) is 7.47. The third kappa shape index (κ3) is 4.11. The van der Waals surface area contributed by atoms with E-state index < -0.39 is 0 Å². The molecule has 0 aliphatic rings. The highest BCUT2D eigenvalue weighted by Gasteiger charge is 1.93. The first kappa shape index (κ1) is 16.6. The van der Waals surface area contributed by atoms with Gasteiger partial charge in [0.05, 0.1) is 0 Å². The molecule has 4 aromatic rings. The van der Waals surface area contributed by atoms with Crippen LogP contribution in [0, 0.1) is 0 Å². The third-order valence-electron chi connectivity index (χ3n) is 3.06. The minimum absolute atomic E-state index is 0. The van der Waals surface area contributed by atoms with Crippen molar-refractivity contribution in [2.45, 2.75) is 0 Å². The molecule has 2 aromatic carbocycles. The molecule has 2 aromatic heterocycles. The topological polar surface area (TPSA) is 60.4 Å². The highest BCUT2D eigenvalue weighted by atomic mass is 32.1. The number of hydrogen-bond donors (Lipinski definition) is 0. The number of benzene rings is 2. The first-order valence-electron chi connectivity index (χ1n) is 6.70. The van der Waals surface area contributed by atoms with Crippen molar-refractivity contribution in [2.24, 2.45) is 0 Å². The summed E-state index contributed by atoms with van der Waals surface area (Å²) in [6.07, 6.45) is 0. The smallest absolute Gasteiger partial charge is 0.336 e. The van der Waals surface area contributed by atoms with Crippen LogP contribution >= 0.6 is 13.5 Å². The summed E-state index contributed by atoms with van der Waals surface area (Å²) < 4.78 is 9.81. The van der Waals surface area contributed by atoms with E-state index in [2.05, 4.69) is 0 Å². The Labute approximate surface area is 138 Å². The largest absolute Gasteiger partial charge is 0.423 e. The van der Waals surface area contributed by atoms with Gasteiger partial charge in [-0.15, -0.1) is 0 Å². The summed E-state index contributed by atoms with van der Waals surface area (Å²) >= 11 is 0. The van der Waals surface area contributed by atoms with E-state index in [-0.39, 0.29) is 24.7 Å². The Morgan fingerprint density at radius 1 is 0.522 bits per heavy atom. The highest BCUT2D eigenvalue weighted by Crippen LogP contribution is 2.09. The maximum atomic E-state index is 10.7. The van der Waals surface area contributed by atoms with E-state index in [1.54, 1.807) is 24.3 Å². The van der Waals surface area contributed by atoms with E-state index in [0.717, 1.165) is 10.8 Å². The molecule has 0 radical (unpaired) electrons. The van der Waals surface area contributed by atoms with E-state index in [4.69, 9.17) is 8.83 Å². The lowest BCUT2D eigenvalue weighted by Gasteiger charge is -1.91. The second-order valence-electron chi connectivity index (χ2n) is 4.58. The molecule has 116 valence electrons. The van der Waals surface area contributed by atoms with Crippen LogP contribution in [0.25, 0.3) is 21.9 Å². The Morgan fingerprint density at radius 3 is 1.35 bits per heavy atom. The monoisotopic (exact) mass is 326 g/mol. The van der Waals surface area contributed by atoms with Gasteiger partial charge in [-0.3, -0.25) is 0 Å². The molecule has 0 fully saturated rings. The minimum atomic E-state index is -0.302.